The number of halogens is 3. The van der Waals surface area contributed by atoms with Crippen LogP contribution in [0.1, 0.15) is 18.1 Å². The van der Waals surface area contributed by atoms with Crippen molar-refractivity contribution in [1.82, 2.24) is 0 Å². The van der Waals surface area contributed by atoms with Crippen LogP contribution < -0.4 is 0 Å². The molecular formula is C13H11F3. The predicted octanol–water partition coefficient (Wildman–Crippen LogP) is 3.72. The molecule has 84 valence electrons. The molecule has 0 amide bonds. The maximum atomic E-state index is 12.1. The highest BCUT2D eigenvalue weighted by Gasteiger charge is 2.30. The molecule has 16 heavy (non-hydrogen) atoms. The van der Waals surface area contributed by atoms with Crippen LogP contribution >= 0.6 is 0 Å². The summed E-state index contributed by atoms with van der Waals surface area (Å²) in [6.45, 7) is 4.88. The van der Waals surface area contributed by atoms with E-state index in [-0.39, 0.29) is 0 Å². The van der Waals surface area contributed by atoms with Crippen LogP contribution in [-0.4, -0.2) is 6.18 Å². The molecule has 0 unspecified atom stereocenters. The first-order valence-electron chi connectivity index (χ1n) is 4.80. The van der Waals surface area contributed by atoms with Crippen LogP contribution in [0.2, 0.25) is 0 Å². The highest BCUT2D eigenvalue weighted by molar-refractivity contribution is 5.42. The van der Waals surface area contributed by atoms with Crippen LogP contribution in [0.4, 0.5) is 13.2 Å². The van der Waals surface area contributed by atoms with Crippen LogP contribution in [0, 0.1) is 11.8 Å². The smallest absolute Gasteiger partial charge is 0.165 e. The lowest BCUT2D eigenvalue weighted by atomic mass is 10.1. The molecule has 0 nitrogen and oxygen atoms in total. The summed E-state index contributed by atoms with van der Waals surface area (Å²) < 4.78 is 36.2. The molecule has 0 aromatic heterocycles. The molecule has 1 aromatic carbocycles. The summed E-state index contributed by atoms with van der Waals surface area (Å²) in [5, 5.41) is 0. The highest BCUT2D eigenvalue weighted by atomic mass is 19.4. The van der Waals surface area contributed by atoms with Gasteiger partial charge in [-0.1, -0.05) is 37.5 Å². The van der Waals surface area contributed by atoms with E-state index in [2.05, 4.69) is 12.5 Å². The third kappa shape index (κ3) is 3.47. The van der Waals surface area contributed by atoms with Crippen molar-refractivity contribution in [3.63, 3.8) is 0 Å². The number of rotatable bonds is 1. The zero-order valence-corrected chi connectivity index (χ0v) is 8.86. The van der Waals surface area contributed by atoms with Crippen molar-refractivity contribution in [3.05, 3.63) is 47.5 Å². The molecule has 0 atom stereocenters. The van der Waals surface area contributed by atoms with E-state index in [0.29, 0.717) is 5.56 Å². The van der Waals surface area contributed by atoms with Crippen molar-refractivity contribution in [2.75, 3.05) is 0 Å². The first kappa shape index (κ1) is 12.4. The van der Waals surface area contributed by atoms with Crippen LogP contribution in [0.15, 0.2) is 36.4 Å². The highest BCUT2D eigenvalue weighted by Crippen LogP contribution is 2.23. The molecule has 0 aliphatic carbocycles. The Morgan fingerprint density at radius 2 is 1.81 bits per heavy atom. The first-order chi connectivity index (χ1) is 7.43. The standard InChI is InChI=1S/C13H11F3/c1-3-11-6-8-12(9-7-11)5-4-10(2)13(14,15)16/h6-9H,2-3H2,1H3. The molecule has 1 rings (SSSR count). The lowest BCUT2D eigenvalue weighted by Crippen LogP contribution is -2.08. The maximum absolute atomic E-state index is 12.1. The van der Waals surface area contributed by atoms with E-state index in [1.54, 1.807) is 12.1 Å². The first-order valence-corrected chi connectivity index (χ1v) is 4.80. The summed E-state index contributed by atoms with van der Waals surface area (Å²) in [6.07, 6.45) is -3.54. The molecule has 0 aliphatic heterocycles. The van der Waals surface area contributed by atoms with Gasteiger partial charge in [-0.2, -0.15) is 13.2 Å². The zero-order valence-electron chi connectivity index (χ0n) is 8.86. The Morgan fingerprint density at radius 3 is 2.25 bits per heavy atom. The third-order valence-corrected chi connectivity index (χ3v) is 2.06. The Bertz CT molecular complexity index is 427. The zero-order chi connectivity index (χ0) is 12.2. The molecule has 0 bridgehead atoms. The van der Waals surface area contributed by atoms with Gasteiger partial charge in [-0.3, -0.25) is 0 Å². The average molecular weight is 224 g/mol. The van der Waals surface area contributed by atoms with Crippen molar-refractivity contribution in [3.8, 4) is 11.8 Å². The fourth-order valence-corrected chi connectivity index (χ4v) is 1.04. The number of benzene rings is 1. The Morgan fingerprint density at radius 1 is 1.25 bits per heavy atom. The normalized spacial score (nSPS) is 10.5. The minimum absolute atomic E-state index is 0.558. The number of allylic oxidation sites excluding steroid dienone is 1. The quantitative estimate of drug-likeness (QED) is 0.638. The molecular weight excluding hydrogens is 213 g/mol. The van der Waals surface area contributed by atoms with Crippen molar-refractivity contribution >= 4 is 0 Å². The minimum atomic E-state index is -4.43. The summed E-state index contributed by atoms with van der Waals surface area (Å²) in [7, 11) is 0. The molecule has 1 aromatic rings. The van der Waals surface area contributed by atoms with Crippen molar-refractivity contribution < 1.29 is 13.2 Å². The van der Waals surface area contributed by atoms with Crippen molar-refractivity contribution in [1.29, 1.82) is 0 Å². The van der Waals surface area contributed by atoms with Gasteiger partial charge in [-0.05, 0) is 24.1 Å². The molecule has 0 aliphatic rings. The molecule has 0 saturated carbocycles. The van der Waals surface area contributed by atoms with Gasteiger partial charge in [0.2, 0.25) is 0 Å². The second kappa shape index (κ2) is 4.89. The fraction of sp³-hybridized carbons (Fsp3) is 0.231. The van der Waals surface area contributed by atoms with Crippen LogP contribution in [0.5, 0.6) is 0 Å². The Kier molecular flexibility index (Phi) is 3.78. The van der Waals surface area contributed by atoms with E-state index in [1.807, 2.05) is 25.0 Å². The van der Waals surface area contributed by atoms with Gasteiger partial charge in [0.05, 0.1) is 5.57 Å². The number of hydrogen-bond acceptors (Lipinski definition) is 0. The van der Waals surface area contributed by atoms with Gasteiger partial charge < -0.3 is 0 Å². The molecule has 0 N–H and O–H groups in total. The van der Waals surface area contributed by atoms with Crippen molar-refractivity contribution in [2.45, 2.75) is 19.5 Å². The second-order valence-electron chi connectivity index (χ2n) is 3.28. The van der Waals surface area contributed by atoms with Gasteiger partial charge in [0.1, 0.15) is 0 Å². The predicted molar refractivity (Wildman–Crippen MR) is 57.9 cm³/mol. The lowest BCUT2D eigenvalue weighted by molar-refractivity contribution is -0.0868. The Labute approximate surface area is 92.8 Å². The SMILES string of the molecule is C=C(C#Cc1ccc(CC)cc1)C(F)(F)F. The topological polar surface area (TPSA) is 0 Å². The summed E-state index contributed by atoms with van der Waals surface area (Å²) in [6, 6.07) is 7.10. The van der Waals surface area contributed by atoms with Crippen LogP contribution in [-0.2, 0) is 6.42 Å². The summed E-state index contributed by atoms with van der Waals surface area (Å²) in [4.78, 5) is 0. The molecule has 0 spiro atoms. The van der Waals surface area contributed by atoms with Gasteiger partial charge in [0, 0.05) is 5.56 Å². The number of aryl methyl sites for hydroxylation is 1. The second-order valence-corrected chi connectivity index (χ2v) is 3.28. The number of alkyl halides is 3. The molecule has 0 saturated heterocycles. The monoisotopic (exact) mass is 224 g/mol. The van der Waals surface area contributed by atoms with E-state index in [1.165, 1.54) is 0 Å². The fourth-order valence-electron chi connectivity index (χ4n) is 1.04. The van der Waals surface area contributed by atoms with Crippen LogP contribution in [0.3, 0.4) is 0 Å². The lowest BCUT2D eigenvalue weighted by Gasteiger charge is -2.01. The molecule has 0 fully saturated rings. The van der Waals surface area contributed by atoms with Crippen molar-refractivity contribution in [2.24, 2.45) is 0 Å². The number of hydrogen-bond donors (Lipinski definition) is 0. The van der Waals surface area contributed by atoms with Gasteiger partial charge >= 0.3 is 6.18 Å². The van der Waals surface area contributed by atoms with E-state index >= 15 is 0 Å². The third-order valence-electron chi connectivity index (χ3n) is 2.06. The van der Waals surface area contributed by atoms with E-state index in [4.69, 9.17) is 0 Å². The Balaban J connectivity index is 2.81. The molecule has 0 radical (unpaired) electrons. The minimum Gasteiger partial charge on any atom is -0.165 e. The summed E-state index contributed by atoms with van der Waals surface area (Å²) in [5.41, 5.74) is 0.662. The van der Waals surface area contributed by atoms with E-state index in [0.717, 1.165) is 12.0 Å². The molecule has 3 heteroatoms. The van der Waals surface area contributed by atoms with Gasteiger partial charge in [0.25, 0.3) is 0 Å². The van der Waals surface area contributed by atoms with Gasteiger partial charge in [-0.15, -0.1) is 0 Å². The molecule has 0 heterocycles. The maximum Gasteiger partial charge on any atom is 0.423 e. The Hall–Kier alpha value is -1.69. The van der Waals surface area contributed by atoms with Gasteiger partial charge in [-0.25, -0.2) is 0 Å². The van der Waals surface area contributed by atoms with E-state index < -0.39 is 11.7 Å². The summed E-state index contributed by atoms with van der Waals surface area (Å²) in [5.74, 6) is 4.44. The van der Waals surface area contributed by atoms with E-state index in [9.17, 15) is 13.2 Å². The average Bonchev–Trinajstić information content (AvgIpc) is 2.25. The van der Waals surface area contributed by atoms with Gasteiger partial charge in [0.15, 0.2) is 0 Å². The largest absolute Gasteiger partial charge is 0.423 e. The summed E-state index contributed by atoms with van der Waals surface area (Å²) >= 11 is 0. The van der Waals surface area contributed by atoms with Crippen LogP contribution in [0.25, 0.3) is 0 Å².